The number of anilines is 2. The molecule has 1 heterocycles. The molecule has 2 aromatic carbocycles. The molecule has 0 unspecified atom stereocenters. The summed E-state index contributed by atoms with van der Waals surface area (Å²) in [5, 5.41) is 2.94. The number of nitrogens with zero attached hydrogens (tertiary/aromatic N) is 2. The molecule has 1 aliphatic rings. The maximum Gasteiger partial charge on any atom is 0.242 e. The van der Waals surface area contributed by atoms with Gasteiger partial charge in [-0.25, -0.2) is 8.42 Å². The fourth-order valence-corrected chi connectivity index (χ4v) is 5.13. The van der Waals surface area contributed by atoms with Crippen LogP contribution in [0.15, 0.2) is 47.4 Å². The lowest BCUT2D eigenvalue weighted by atomic mass is 10.0. The zero-order valence-corrected chi connectivity index (χ0v) is 21.1. The van der Waals surface area contributed by atoms with Gasteiger partial charge in [0.05, 0.1) is 4.90 Å². The van der Waals surface area contributed by atoms with Crippen molar-refractivity contribution in [3.05, 3.63) is 53.6 Å². The van der Waals surface area contributed by atoms with E-state index < -0.39 is 16.1 Å². The number of aryl methyl sites for hydroxylation is 2. The van der Waals surface area contributed by atoms with E-state index >= 15 is 0 Å². The van der Waals surface area contributed by atoms with Crippen LogP contribution in [0, 0.1) is 19.8 Å². The van der Waals surface area contributed by atoms with Gasteiger partial charge in [0.25, 0.3) is 0 Å². The van der Waals surface area contributed by atoms with Gasteiger partial charge in [-0.05, 0) is 69.1 Å². The van der Waals surface area contributed by atoms with Crippen molar-refractivity contribution in [1.29, 1.82) is 0 Å². The summed E-state index contributed by atoms with van der Waals surface area (Å²) in [4.78, 5) is 17.9. The lowest BCUT2D eigenvalue weighted by Crippen LogP contribution is -2.45. The van der Waals surface area contributed by atoms with Crippen LogP contribution in [0.25, 0.3) is 0 Å². The van der Waals surface area contributed by atoms with Crippen LogP contribution in [0.1, 0.15) is 31.4 Å². The standard InChI is InChI=1S/C25H36N4O3S/c1-18(2)16-24(27-33(31,32)22-9-6-19(3)7-10-22)25(30)26-23-11-8-21(17-20(23)4)29-14-12-28(5)13-15-29/h6-11,17-18,24,27H,12-16H2,1-5H3,(H,26,30)/t24-/m0/s1. The zero-order valence-electron chi connectivity index (χ0n) is 20.3. The number of carbonyl (C=O) groups is 1. The van der Waals surface area contributed by atoms with E-state index in [0.29, 0.717) is 12.1 Å². The Morgan fingerprint density at radius 3 is 2.21 bits per heavy atom. The van der Waals surface area contributed by atoms with Crippen LogP contribution in [0.4, 0.5) is 11.4 Å². The van der Waals surface area contributed by atoms with Gasteiger partial charge in [0.1, 0.15) is 6.04 Å². The maximum absolute atomic E-state index is 13.1. The van der Waals surface area contributed by atoms with Crippen molar-refractivity contribution < 1.29 is 13.2 Å². The molecule has 2 aromatic rings. The summed E-state index contributed by atoms with van der Waals surface area (Å²) in [7, 11) is -1.69. The van der Waals surface area contributed by atoms with Crippen molar-refractivity contribution in [2.45, 2.75) is 45.1 Å². The van der Waals surface area contributed by atoms with Crippen LogP contribution in [0.2, 0.25) is 0 Å². The van der Waals surface area contributed by atoms with E-state index in [0.717, 1.165) is 43.0 Å². The van der Waals surface area contributed by atoms with E-state index in [2.05, 4.69) is 33.0 Å². The summed E-state index contributed by atoms with van der Waals surface area (Å²) in [6.45, 7) is 11.8. The highest BCUT2D eigenvalue weighted by atomic mass is 32.2. The molecular weight excluding hydrogens is 436 g/mol. The summed E-state index contributed by atoms with van der Waals surface area (Å²) in [5.41, 5.74) is 3.75. The molecule has 1 aliphatic heterocycles. The third kappa shape index (κ3) is 6.79. The van der Waals surface area contributed by atoms with Gasteiger partial charge >= 0.3 is 0 Å². The molecule has 8 heteroatoms. The predicted octanol–water partition coefficient (Wildman–Crippen LogP) is 3.39. The number of carbonyl (C=O) groups excluding carboxylic acids is 1. The van der Waals surface area contributed by atoms with Crippen molar-refractivity contribution >= 4 is 27.3 Å². The summed E-state index contributed by atoms with van der Waals surface area (Å²) in [6, 6.07) is 11.7. The lowest BCUT2D eigenvalue weighted by Gasteiger charge is -2.34. The molecule has 1 atom stereocenters. The summed E-state index contributed by atoms with van der Waals surface area (Å²) in [5.74, 6) is -0.211. The zero-order chi connectivity index (χ0) is 24.2. The fourth-order valence-electron chi connectivity index (χ4n) is 3.92. The monoisotopic (exact) mass is 472 g/mol. The Kier molecular flexibility index (Phi) is 8.15. The normalized spacial score (nSPS) is 16.1. The molecule has 180 valence electrons. The molecule has 33 heavy (non-hydrogen) atoms. The van der Waals surface area contributed by atoms with Gasteiger partial charge in [-0.2, -0.15) is 4.72 Å². The average Bonchev–Trinajstić information content (AvgIpc) is 2.75. The smallest absolute Gasteiger partial charge is 0.242 e. The first kappa shape index (κ1) is 25.2. The first-order valence-electron chi connectivity index (χ1n) is 11.5. The summed E-state index contributed by atoms with van der Waals surface area (Å²) in [6.07, 6.45) is 0.398. The van der Waals surface area contributed by atoms with E-state index in [1.807, 2.05) is 39.8 Å². The molecule has 0 saturated carbocycles. The van der Waals surface area contributed by atoms with Crippen LogP contribution in [-0.2, 0) is 14.8 Å². The second-order valence-corrected chi connectivity index (χ2v) is 11.1. The highest BCUT2D eigenvalue weighted by molar-refractivity contribution is 7.89. The lowest BCUT2D eigenvalue weighted by molar-refractivity contribution is -0.118. The van der Waals surface area contributed by atoms with E-state index in [4.69, 9.17) is 0 Å². The summed E-state index contributed by atoms with van der Waals surface area (Å²) >= 11 is 0. The fraction of sp³-hybridized carbons (Fsp3) is 0.480. The largest absolute Gasteiger partial charge is 0.369 e. The third-order valence-electron chi connectivity index (χ3n) is 5.99. The highest BCUT2D eigenvalue weighted by Crippen LogP contribution is 2.24. The van der Waals surface area contributed by atoms with Crippen LogP contribution < -0.4 is 14.9 Å². The number of benzene rings is 2. The number of hydrogen-bond donors (Lipinski definition) is 2. The molecule has 1 fully saturated rings. The minimum Gasteiger partial charge on any atom is -0.369 e. The van der Waals surface area contributed by atoms with Gasteiger partial charge in [-0.15, -0.1) is 0 Å². The molecule has 7 nitrogen and oxygen atoms in total. The van der Waals surface area contributed by atoms with Gasteiger partial charge in [0, 0.05) is 37.6 Å². The van der Waals surface area contributed by atoms with Gasteiger partial charge in [0.2, 0.25) is 15.9 Å². The van der Waals surface area contributed by atoms with Gasteiger partial charge < -0.3 is 15.1 Å². The Labute approximate surface area is 198 Å². The number of piperazine rings is 1. The molecule has 1 saturated heterocycles. The van der Waals surface area contributed by atoms with E-state index in [1.165, 1.54) is 0 Å². The van der Waals surface area contributed by atoms with Gasteiger partial charge in [-0.1, -0.05) is 31.5 Å². The topological polar surface area (TPSA) is 81.7 Å². The van der Waals surface area contributed by atoms with Crippen LogP contribution >= 0.6 is 0 Å². The molecule has 0 aliphatic carbocycles. The van der Waals surface area contributed by atoms with Gasteiger partial charge in [0.15, 0.2) is 0 Å². The first-order valence-corrected chi connectivity index (χ1v) is 13.0. The summed E-state index contributed by atoms with van der Waals surface area (Å²) < 4.78 is 28.4. The number of hydrogen-bond acceptors (Lipinski definition) is 5. The first-order chi connectivity index (χ1) is 15.5. The second kappa shape index (κ2) is 10.7. The number of rotatable bonds is 8. The number of amides is 1. The minimum absolute atomic E-state index is 0.141. The van der Waals surface area contributed by atoms with Crippen LogP contribution in [0.3, 0.4) is 0 Å². The number of sulfonamides is 1. The van der Waals surface area contributed by atoms with E-state index in [9.17, 15) is 13.2 Å². The third-order valence-corrected chi connectivity index (χ3v) is 7.48. The predicted molar refractivity (Wildman–Crippen MR) is 134 cm³/mol. The maximum atomic E-state index is 13.1. The second-order valence-electron chi connectivity index (χ2n) is 9.40. The Balaban J connectivity index is 1.74. The van der Waals surface area contributed by atoms with Crippen LogP contribution in [0.5, 0.6) is 0 Å². The average molecular weight is 473 g/mol. The molecule has 0 spiro atoms. The number of nitrogens with one attached hydrogen (secondary N) is 2. The highest BCUT2D eigenvalue weighted by Gasteiger charge is 2.27. The molecule has 3 rings (SSSR count). The Morgan fingerprint density at radius 2 is 1.64 bits per heavy atom. The van der Waals surface area contributed by atoms with E-state index in [1.54, 1.807) is 24.3 Å². The van der Waals surface area contributed by atoms with Crippen molar-refractivity contribution in [1.82, 2.24) is 9.62 Å². The van der Waals surface area contributed by atoms with Crippen molar-refractivity contribution in [2.75, 3.05) is 43.4 Å². The Bertz CT molecular complexity index is 1060. The number of likely N-dealkylation sites (N-methyl/N-ethyl adjacent to an activating group) is 1. The molecule has 0 radical (unpaired) electrons. The molecular formula is C25H36N4O3S. The SMILES string of the molecule is Cc1ccc(S(=O)(=O)N[C@@H](CC(C)C)C(=O)Nc2ccc(N3CCN(C)CC3)cc2C)cc1. The quantitative estimate of drug-likeness (QED) is 0.616. The molecule has 2 N–H and O–H groups in total. The molecule has 0 aromatic heterocycles. The van der Waals surface area contributed by atoms with Crippen molar-refractivity contribution in [2.24, 2.45) is 5.92 Å². The van der Waals surface area contributed by atoms with E-state index in [-0.39, 0.29) is 16.7 Å². The Morgan fingerprint density at radius 1 is 1.00 bits per heavy atom. The Hall–Kier alpha value is -2.42. The molecule has 1 amide bonds. The molecule has 0 bridgehead atoms. The van der Waals surface area contributed by atoms with Crippen molar-refractivity contribution in [3.63, 3.8) is 0 Å². The minimum atomic E-state index is -3.82. The van der Waals surface area contributed by atoms with Gasteiger partial charge in [-0.3, -0.25) is 4.79 Å². The van der Waals surface area contributed by atoms with Crippen molar-refractivity contribution in [3.8, 4) is 0 Å². The van der Waals surface area contributed by atoms with Crippen LogP contribution in [-0.4, -0.2) is 58.5 Å².